The van der Waals surface area contributed by atoms with E-state index in [0.717, 1.165) is 36.5 Å². The first kappa shape index (κ1) is 21.5. The number of nitrogens with one attached hydrogen (secondary N) is 3. The molecule has 1 saturated carbocycles. The van der Waals surface area contributed by atoms with Crippen molar-refractivity contribution >= 4 is 28.5 Å². The molecule has 1 aliphatic rings. The molecule has 7 heteroatoms. The summed E-state index contributed by atoms with van der Waals surface area (Å²) in [4.78, 5) is 41.3. The zero-order valence-corrected chi connectivity index (χ0v) is 17.7. The van der Waals surface area contributed by atoms with Crippen LogP contribution in [0.15, 0.2) is 67.0 Å². The number of hydrogen-bond donors (Lipinski definition) is 3. The number of fused-ring (bicyclic) bond motifs is 1. The fraction of sp³-hybridized carbons (Fsp3) is 0.280. The molecule has 7 nitrogen and oxygen atoms in total. The van der Waals surface area contributed by atoms with Crippen LogP contribution < -0.4 is 16.2 Å². The van der Waals surface area contributed by atoms with E-state index in [9.17, 15) is 14.4 Å². The van der Waals surface area contributed by atoms with Gasteiger partial charge in [-0.1, -0.05) is 36.4 Å². The van der Waals surface area contributed by atoms with Crippen molar-refractivity contribution in [2.75, 3.05) is 6.54 Å². The highest BCUT2D eigenvalue weighted by Gasteiger charge is 2.27. The van der Waals surface area contributed by atoms with Crippen LogP contribution in [0.25, 0.3) is 10.8 Å². The van der Waals surface area contributed by atoms with Crippen LogP contribution in [0.1, 0.15) is 46.4 Å². The van der Waals surface area contributed by atoms with Crippen molar-refractivity contribution in [3.8, 4) is 0 Å². The van der Waals surface area contributed by atoms with Crippen LogP contribution in [0.2, 0.25) is 0 Å². The molecule has 0 saturated heterocycles. The van der Waals surface area contributed by atoms with Crippen LogP contribution >= 0.6 is 0 Å². The summed E-state index contributed by atoms with van der Waals surface area (Å²) in [7, 11) is 0. The van der Waals surface area contributed by atoms with E-state index < -0.39 is 0 Å². The van der Waals surface area contributed by atoms with Gasteiger partial charge in [-0.15, -0.1) is 0 Å². The summed E-state index contributed by atoms with van der Waals surface area (Å²) in [6.07, 6.45) is 6.33. The molecule has 4 rings (SSSR count). The normalized spacial score (nSPS) is 18.0. The first-order chi connectivity index (χ1) is 15.6. The van der Waals surface area contributed by atoms with Gasteiger partial charge < -0.3 is 5.32 Å². The highest BCUT2D eigenvalue weighted by atomic mass is 16.2. The van der Waals surface area contributed by atoms with Gasteiger partial charge in [0.15, 0.2) is 0 Å². The Balaban J connectivity index is 1.22. The van der Waals surface area contributed by atoms with Gasteiger partial charge in [0, 0.05) is 30.4 Å². The van der Waals surface area contributed by atoms with E-state index in [-0.39, 0.29) is 23.6 Å². The number of hydrogen-bond acceptors (Lipinski definition) is 4. The molecule has 0 spiro atoms. The molecule has 0 bridgehead atoms. The number of carbonyl (C=O) groups is 3. The van der Waals surface area contributed by atoms with Gasteiger partial charge in [0.25, 0.3) is 11.8 Å². The molecule has 0 radical (unpaired) electrons. The number of carbonyl (C=O) groups excluding carboxylic acids is 3. The second kappa shape index (κ2) is 10.0. The van der Waals surface area contributed by atoms with Crippen LogP contribution in [0, 0.1) is 11.8 Å². The van der Waals surface area contributed by atoms with Crippen LogP contribution in [0.4, 0.5) is 0 Å². The molecule has 3 amide bonds. The Morgan fingerprint density at radius 2 is 1.62 bits per heavy atom. The lowest BCUT2D eigenvalue weighted by Crippen LogP contribution is -2.45. The smallest absolute Gasteiger partial charge is 0.270 e. The third-order valence-electron chi connectivity index (χ3n) is 6.03. The summed E-state index contributed by atoms with van der Waals surface area (Å²) in [6.45, 7) is 0.583. The minimum atomic E-state index is -0.332. The number of rotatable bonds is 5. The molecule has 3 N–H and O–H groups in total. The molecule has 0 unspecified atom stereocenters. The van der Waals surface area contributed by atoms with Gasteiger partial charge in [0.2, 0.25) is 5.91 Å². The van der Waals surface area contributed by atoms with Crippen LogP contribution in [0.3, 0.4) is 0 Å². The Morgan fingerprint density at radius 1 is 0.844 bits per heavy atom. The summed E-state index contributed by atoms with van der Waals surface area (Å²) in [6, 6.07) is 16.6. The van der Waals surface area contributed by atoms with Crippen molar-refractivity contribution in [1.82, 2.24) is 21.2 Å². The Hall–Kier alpha value is -3.74. The van der Waals surface area contributed by atoms with Crippen molar-refractivity contribution in [3.05, 3.63) is 78.1 Å². The lowest BCUT2D eigenvalue weighted by atomic mass is 9.81. The summed E-state index contributed by atoms with van der Waals surface area (Å²) in [5, 5.41) is 4.76. The molecule has 0 atom stereocenters. The maximum absolute atomic E-state index is 12.6. The Bertz CT molecular complexity index is 1100. The topological polar surface area (TPSA) is 100 Å². The van der Waals surface area contributed by atoms with E-state index in [1.807, 2.05) is 36.4 Å². The minimum absolute atomic E-state index is 0.130. The number of benzene rings is 2. The van der Waals surface area contributed by atoms with Crippen LogP contribution in [-0.4, -0.2) is 29.3 Å². The summed E-state index contributed by atoms with van der Waals surface area (Å²) in [5.74, 6) is -0.439. The van der Waals surface area contributed by atoms with E-state index in [4.69, 9.17) is 0 Å². The van der Waals surface area contributed by atoms with Gasteiger partial charge in [0.1, 0.15) is 0 Å². The molecule has 1 aromatic heterocycles. The van der Waals surface area contributed by atoms with Crippen molar-refractivity contribution in [1.29, 1.82) is 0 Å². The highest BCUT2D eigenvalue weighted by molar-refractivity contribution is 6.07. The van der Waals surface area contributed by atoms with E-state index in [1.54, 1.807) is 30.6 Å². The molecule has 3 aromatic rings. The fourth-order valence-corrected chi connectivity index (χ4v) is 4.18. The molecule has 32 heavy (non-hydrogen) atoms. The Labute approximate surface area is 186 Å². The zero-order valence-electron chi connectivity index (χ0n) is 17.7. The van der Waals surface area contributed by atoms with Crippen molar-refractivity contribution in [2.45, 2.75) is 25.7 Å². The fourth-order valence-electron chi connectivity index (χ4n) is 4.18. The van der Waals surface area contributed by atoms with Gasteiger partial charge in [-0.2, -0.15) is 0 Å². The summed E-state index contributed by atoms with van der Waals surface area (Å²) < 4.78 is 0. The van der Waals surface area contributed by atoms with E-state index in [1.165, 1.54) is 0 Å². The largest absolute Gasteiger partial charge is 0.352 e. The maximum atomic E-state index is 12.6. The molecule has 1 heterocycles. The summed E-state index contributed by atoms with van der Waals surface area (Å²) in [5.41, 5.74) is 6.21. The maximum Gasteiger partial charge on any atom is 0.270 e. The third-order valence-corrected chi connectivity index (χ3v) is 6.03. The first-order valence-electron chi connectivity index (χ1n) is 10.9. The number of nitrogens with zero attached hydrogens (tertiary/aromatic N) is 1. The van der Waals surface area contributed by atoms with Gasteiger partial charge in [-0.05, 0) is 60.6 Å². The van der Waals surface area contributed by atoms with E-state index in [0.29, 0.717) is 23.6 Å². The molecular weight excluding hydrogens is 404 g/mol. The summed E-state index contributed by atoms with van der Waals surface area (Å²) >= 11 is 0. The van der Waals surface area contributed by atoms with Crippen LogP contribution in [0.5, 0.6) is 0 Å². The minimum Gasteiger partial charge on any atom is -0.352 e. The predicted octanol–water partition coefficient (Wildman–Crippen LogP) is 3.23. The molecule has 0 aliphatic heterocycles. The first-order valence-corrected chi connectivity index (χ1v) is 10.9. The zero-order chi connectivity index (χ0) is 22.3. The number of hydrazine groups is 1. The quantitative estimate of drug-likeness (QED) is 0.541. The SMILES string of the molecule is O=C(NCC1CCC(C(=O)NNC(=O)c2cccc3ccccc23)CC1)c1cccnc1. The Morgan fingerprint density at radius 3 is 2.41 bits per heavy atom. The highest BCUT2D eigenvalue weighted by Crippen LogP contribution is 2.28. The lowest BCUT2D eigenvalue weighted by molar-refractivity contribution is -0.127. The average molecular weight is 431 g/mol. The standard InChI is InChI=1S/C25H26N4O3/c30-23(20-7-4-14-26-16-20)27-15-17-10-12-19(13-11-17)24(31)28-29-25(32)22-9-3-6-18-5-1-2-8-21(18)22/h1-9,14,16-17,19H,10-13,15H2,(H,27,30)(H,28,31)(H,29,32). The predicted molar refractivity (Wildman–Crippen MR) is 122 cm³/mol. The molecular formula is C25H26N4O3. The molecule has 1 fully saturated rings. The van der Waals surface area contributed by atoms with E-state index >= 15 is 0 Å². The van der Waals surface area contributed by atoms with Crippen molar-refractivity contribution in [2.24, 2.45) is 11.8 Å². The lowest BCUT2D eigenvalue weighted by Gasteiger charge is -2.27. The number of pyridine rings is 1. The molecule has 2 aromatic carbocycles. The van der Waals surface area contributed by atoms with Crippen molar-refractivity contribution < 1.29 is 14.4 Å². The Kier molecular flexibility index (Phi) is 6.75. The van der Waals surface area contributed by atoms with E-state index in [2.05, 4.69) is 21.2 Å². The van der Waals surface area contributed by atoms with Gasteiger partial charge in [0.05, 0.1) is 5.56 Å². The monoisotopic (exact) mass is 430 g/mol. The third kappa shape index (κ3) is 5.11. The van der Waals surface area contributed by atoms with Gasteiger partial charge in [-0.3, -0.25) is 30.2 Å². The van der Waals surface area contributed by atoms with Gasteiger partial charge in [-0.25, -0.2) is 0 Å². The second-order valence-corrected chi connectivity index (χ2v) is 8.14. The number of amides is 3. The second-order valence-electron chi connectivity index (χ2n) is 8.14. The van der Waals surface area contributed by atoms with Crippen molar-refractivity contribution in [3.63, 3.8) is 0 Å². The molecule has 164 valence electrons. The van der Waals surface area contributed by atoms with Gasteiger partial charge >= 0.3 is 0 Å². The molecule has 1 aliphatic carbocycles. The number of aromatic nitrogens is 1. The van der Waals surface area contributed by atoms with Crippen LogP contribution in [-0.2, 0) is 4.79 Å². The average Bonchev–Trinajstić information content (AvgIpc) is 2.86.